The van der Waals surface area contributed by atoms with Crippen LogP contribution in [-0.2, 0) is 16.1 Å². The van der Waals surface area contributed by atoms with Crippen LogP contribution in [0.15, 0.2) is 30.3 Å². The van der Waals surface area contributed by atoms with Gasteiger partial charge in [-0.15, -0.1) is 0 Å². The molecule has 1 atom stereocenters. The van der Waals surface area contributed by atoms with E-state index in [1.165, 1.54) is 0 Å². The number of carboxylic acids is 1. The van der Waals surface area contributed by atoms with E-state index in [9.17, 15) is 9.59 Å². The number of ether oxygens (including phenoxy) is 1. The van der Waals surface area contributed by atoms with Gasteiger partial charge in [-0.25, -0.2) is 4.79 Å². The Kier molecular flexibility index (Phi) is 4.83. The van der Waals surface area contributed by atoms with E-state index in [4.69, 9.17) is 9.84 Å². The Morgan fingerprint density at radius 2 is 2.00 bits per heavy atom. The zero-order chi connectivity index (χ0) is 15.3. The van der Waals surface area contributed by atoms with Gasteiger partial charge in [0.2, 0.25) is 0 Å². The maximum Gasteiger partial charge on any atom is 0.407 e. The molecule has 5 heteroatoms. The van der Waals surface area contributed by atoms with Crippen LogP contribution in [0.3, 0.4) is 0 Å². The lowest BCUT2D eigenvalue weighted by molar-refractivity contribution is -0.138. The Balaban J connectivity index is 1.86. The van der Waals surface area contributed by atoms with Crippen molar-refractivity contribution in [3.63, 3.8) is 0 Å². The number of alkyl carbamates (subject to hydrolysis) is 1. The molecule has 1 aromatic carbocycles. The number of aliphatic carboxylic acids is 1. The molecule has 0 aromatic heterocycles. The summed E-state index contributed by atoms with van der Waals surface area (Å²) in [4.78, 5) is 22.9. The van der Waals surface area contributed by atoms with Crippen LogP contribution in [0.5, 0.6) is 0 Å². The first-order chi connectivity index (χ1) is 9.97. The summed E-state index contributed by atoms with van der Waals surface area (Å²) in [6.07, 6.45) is 2.23. The molecule has 2 N–H and O–H groups in total. The van der Waals surface area contributed by atoms with Gasteiger partial charge in [0.1, 0.15) is 6.61 Å². The van der Waals surface area contributed by atoms with Crippen LogP contribution in [0.4, 0.5) is 4.79 Å². The molecule has 0 radical (unpaired) electrons. The van der Waals surface area contributed by atoms with E-state index < -0.39 is 17.6 Å². The summed E-state index contributed by atoms with van der Waals surface area (Å²) in [6, 6.07) is 9.38. The smallest absolute Gasteiger partial charge is 0.407 e. The average Bonchev–Trinajstić information content (AvgIpc) is 3.20. The van der Waals surface area contributed by atoms with Crippen LogP contribution in [-0.4, -0.2) is 22.7 Å². The summed E-state index contributed by atoms with van der Waals surface area (Å²) in [5.41, 5.74) is 0.149. The van der Waals surface area contributed by atoms with Gasteiger partial charge in [0.15, 0.2) is 0 Å². The fourth-order valence-corrected chi connectivity index (χ4v) is 2.47. The van der Waals surface area contributed by atoms with E-state index in [1.54, 1.807) is 6.92 Å². The van der Waals surface area contributed by atoms with E-state index >= 15 is 0 Å². The highest BCUT2D eigenvalue weighted by Crippen LogP contribution is 2.37. The minimum Gasteiger partial charge on any atom is -0.481 e. The minimum atomic E-state index is -0.915. The molecule has 1 aliphatic rings. The largest absolute Gasteiger partial charge is 0.481 e. The number of benzene rings is 1. The third kappa shape index (κ3) is 5.45. The molecule has 1 saturated carbocycles. The molecule has 1 aliphatic carbocycles. The number of hydrogen-bond donors (Lipinski definition) is 2. The zero-order valence-corrected chi connectivity index (χ0v) is 12.2. The molecule has 0 heterocycles. The molecule has 1 amide bonds. The quantitative estimate of drug-likeness (QED) is 0.810. The Labute approximate surface area is 124 Å². The van der Waals surface area contributed by atoms with Gasteiger partial charge in [0.25, 0.3) is 0 Å². The second kappa shape index (κ2) is 6.61. The predicted molar refractivity (Wildman–Crippen MR) is 77.8 cm³/mol. The number of carboxylic acid groups (broad SMARTS) is 1. The van der Waals surface area contributed by atoms with E-state index in [1.807, 2.05) is 30.3 Å². The predicted octanol–water partition coefficient (Wildman–Crippen LogP) is 2.95. The number of carbonyl (C=O) groups is 2. The van der Waals surface area contributed by atoms with Crippen molar-refractivity contribution in [2.75, 3.05) is 0 Å². The number of amides is 1. The molecule has 1 aromatic rings. The van der Waals surface area contributed by atoms with Gasteiger partial charge in [0.05, 0.1) is 12.0 Å². The fraction of sp³-hybridized carbons (Fsp3) is 0.500. The number of rotatable bonds is 7. The molecule has 21 heavy (non-hydrogen) atoms. The highest BCUT2D eigenvalue weighted by Gasteiger charge is 2.36. The molecule has 0 saturated heterocycles. The minimum absolute atomic E-state index is 0.0933. The second-order valence-corrected chi connectivity index (χ2v) is 5.97. The lowest BCUT2D eigenvalue weighted by Crippen LogP contribution is -2.48. The van der Waals surface area contributed by atoms with Gasteiger partial charge in [-0.2, -0.15) is 0 Å². The lowest BCUT2D eigenvalue weighted by atomic mass is 9.91. The van der Waals surface area contributed by atoms with Crippen LogP contribution in [0.2, 0.25) is 0 Å². The van der Waals surface area contributed by atoms with Crippen molar-refractivity contribution in [1.29, 1.82) is 0 Å². The molecule has 1 unspecified atom stereocenters. The first-order valence-electron chi connectivity index (χ1n) is 7.17. The van der Waals surface area contributed by atoms with E-state index in [0.717, 1.165) is 18.4 Å². The van der Waals surface area contributed by atoms with Crippen LogP contribution >= 0.6 is 0 Å². The van der Waals surface area contributed by atoms with Crippen LogP contribution in [0, 0.1) is 5.92 Å². The monoisotopic (exact) mass is 291 g/mol. The van der Waals surface area contributed by atoms with Crippen molar-refractivity contribution in [3.05, 3.63) is 35.9 Å². The number of carbonyl (C=O) groups excluding carboxylic acids is 1. The second-order valence-electron chi connectivity index (χ2n) is 5.97. The lowest BCUT2D eigenvalue weighted by Gasteiger charge is -2.29. The van der Waals surface area contributed by atoms with Gasteiger partial charge >= 0.3 is 12.1 Å². The third-order valence-electron chi connectivity index (χ3n) is 3.59. The van der Waals surface area contributed by atoms with Crippen molar-refractivity contribution in [2.45, 2.75) is 44.8 Å². The molecule has 0 bridgehead atoms. The van der Waals surface area contributed by atoms with Gasteiger partial charge in [-0.05, 0) is 24.8 Å². The highest BCUT2D eigenvalue weighted by atomic mass is 16.5. The maximum absolute atomic E-state index is 11.9. The Morgan fingerprint density at radius 3 is 2.57 bits per heavy atom. The molecule has 2 rings (SSSR count). The molecular formula is C16H21NO4. The average molecular weight is 291 g/mol. The van der Waals surface area contributed by atoms with Crippen molar-refractivity contribution in [2.24, 2.45) is 5.92 Å². The Hall–Kier alpha value is -2.04. The number of nitrogens with one attached hydrogen (secondary N) is 1. The summed E-state index contributed by atoms with van der Waals surface area (Å²) in [7, 11) is 0. The summed E-state index contributed by atoms with van der Waals surface area (Å²) in [6.45, 7) is 1.95. The SMILES string of the molecule is CC(CC(=O)O)(CC1CC1)NC(=O)OCc1ccccc1. The molecular weight excluding hydrogens is 270 g/mol. The summed E-state index contributed by atoms with van der Waals surface area (Å²) < 4.78 is 5.16. The first-order valence-corrected chi connectivity index (χ1v) is 7.17. The highest BCUT2D eigenvalue weighted by molar-refractivity contribution is 5.72. The van der Waals surface area contributed by atoms with Crippen molar-refractivity contribution >= 4 is 12.1 Å². The van der Waals surface area contributed by atoms with Crippen molar-refractivity contribution in [3.8, 4) is 0 Å². The summed E-state index contributed by atoms with van der Waals surface area (Å²) in [5.74, 6) is -0.398. The Bertz CT molecular complexity index is 498. The van der Waals surface area contributed by atoms with Crippen molar-refractivity contribution < 1.29 is 19.4 Å². The molecule has 5 nitrogen and oxygen atoms in total. The van der Waals surface area contributed by atoms with Gasteiger partial charge < -0.3 is 15.2 Å². The van der Waals surface area contributed by atoms with Crippen LogP contribution in [0.1, 0.15) is 38.2 Å². The summed E-state index contributed by atoms with van der Waals surface area (Å²) >= 11 is 0. The van der Waals surface area contributed by atoms with E-state index in [-0.39, 0.29) is 13.0 Å². The maximum atomic E-state index is 11.9. The first kappa shape index (κ1) is 15.4. The van der Waals surface area contributed by atoms with Crippen molar-refractivity contribution in [1.82, 2.24) is 5.32 Å². The number of hydrogen-bond acceptors (Lipinski definition) is 3. The molecule has 0 aliphatic heterocycles. The normalized spacial score (nSPS) is 16.8. The van der Waals surface area contributed by atoms with Crippen LogP contribution in [0.25, 0.3) is 0 Å². The molecule has 1 fully saturated rings. The topological polar surface area (TPSA) is 75.6 Å². The van der Waals surface area contributed by atoms with Gasteiger partial charge in [-0.3, -0.25) is 4.79 Å². The van der Waals surface area contributed by atoms with E-state index in [2.05, 4.69) is 5.32 Å². The van der Waals surface area contributed by atoms with Gasteiger partial charge in [-0.1, -0.05) is 43.2 Å². The third-order valence-corrected chi connectivity index (χ3v) is 3.59. The van der Waals surface area contributed by atoms with E-state index in [0.29, 0.717) is 12.3 Å². The molecule has 0 spiro atoms. The summed E-state index contributed by atoms with van der Waals surface area (Å²) in [5, 5.41) is 11.7. The standard InChI is InChI=1S/C16H21NO4/c1-16(10-14(18)19,9-12-7-8-12)17-15(20)21-11-13-5-3-2-4-6-13/h2-6,12H,7-11H2,1H3,(H,17,20)(H,18,19). The fourth-order valence-electron chi connectivity index (χ4n) is 2.47. The van der Waals surface area contributed by atoms with Gasteiger partial charge in [0, 0.05) is 0 Å². The van der Waals surface area contributed by atoms with Crippen LogP contribution < -0.4 is 5.32 Å². The zero-order valence-electron chi connectivity index (χ0n) is 12.2. The Morgan fingerprint density at radius 1 is 1.33 bits per heavy atom. The molecule has 114 valence electrons.